The summed E-state index contributed by atoms with van der Waals surface area (Å²) in [6.45, 7) is 10.3. The van der Waals surface area contributed by atoms with Crippen molar-refractivity contribution < 1.29 is 4.74 Å². The maximum Gasteiger partial charge on any atom is 0.0593 e. The summed E-state index contributed by atoms with van der Waals surface area (Å²) in [5.74, 6) is 0. The van der Waals surface area contributed by atoms with Crippen LogP contribution in [-0.2, 0) is 4.74 Å². The Morgan fingerprint density at radius 2 is 1.60 bits per heavy atom. The van der Waals surface area contributed by atoms with Gasteiger partial charge in [-0.3, -0.25) is 0 Å². The van der Waals surface area contributed by atoms with E-state index in [1.807, 2.05) is 0 Å². The highest BCUT2D eigenvalue weighted by Gasteiger charge is 1.97. The zero-order valence-electron chi connectivity index (χ0n) is 10.5. The molecule has 0 bridgehead atoms. The number of nitrogens with zero attached hydrogens (tertiary/aromatic N) is 1. The van der Waals surface area contributed by atoms with Gasteiger partial charge < -0.3 is 15.4 Å². The van der Waals surface area contributed by atoms with Gasteiger partial charge >= 0.3 is 0 Å². The molecular weight excluding hydrogens is 188 g/mol. The third kappa shape index (κ3) is 10.2. The van der Waals surface area contributed by atoms with E-state index >= 15 is 0 Å². The summed E-state index contributed by atoms with van der Waals surface area (Å²) < 4.78 is 5.58. The molecule has 3 heteroatoms. The molecule has 92 valence electrons. The van der Waals surface area contributed by atoms with Crippen LogP contribution in [0.3, 0.4) is 0 Å². The van der Waals surface area contributed by atoms with Crippen molar-refractivity contribution >= 4 is 0 Å². The Kier molecular flexibility index (Phi) is 11.9. The lowest BCUT2D eigenvalue weighted by Crippen LogP contribution is -2.27. The number of unbranched alkanes of at least 4 members (excludes halogenated alkanes) is 3. The minimum Gasteiger partial charge on any atom is -0.380 e. The molecule has 15 heavy (non-hydrogen) atoms. The first kappa shape index (κ1) is 14.9. The van der Waals surface area contributed by atoms with Gasteiger partial charge in [0.15, 0.2) is 0 Å². The molecule has 2 N–H and O–H groups in total. The monoisotopic (exact) mass is 216 g/mol. The van der Waals surface area contributed by atoms with Crippen molar-refractivity contribution in [1.29, 1.82) is 0 Å². The topological polar surface area (TPSA) is 38.5 Å². The fraction of sp³-hybridized carbons (Fsp3) is 1.00. The predicted molar refractivity (Wildman–Crippen MR) is 66.1 cm³/mol. The normalized spacial score (nSPS) is 11.2. The van der Waals surface area contributed by atoms with Gasteiger partial charge in [0.25, 0.3) is 0 Å². The van der Waals surface area contributed by atoms with Crippen LogP contribution in [-0.4, -0.2) is 44.3 Å². The molecule has 0 spiro atoms. The molecular formula is C12H28N2O. The van der Waals surface area contributed by atoms with Crippen molar-refractivity contribution in [2.75, 3.05) is 39.4 Å². The van der Waals surface area contributed by atoms with E-state index in [4.69, 9.17) is 10.5 Å². The van der Waals surface area contributed by atoms with Crippen LogP contribution in [0.5, 0.6) is 0 Å². The molecule has 0 aliphatic carbocycles. The summed E-state index contributed by atoms with van der Waals surface area (Å²) in [5.41, 5.74) is 5.42. The fourth-order valence-corrected chi connectivity index (χ4v) is 1.54. The van der Waals surface area contributed by atoms with Crippen LogP contribution < -0.4 is 5.73 Å². The van der Waals surface area contributed by atoms with Crippen LogP contribution in [0.2, 0.25) is 0 Å². The third-order valence-corrected chi connectivity index (χ3v) is 2.69. The van der Waals surface area contributed by atoms with E-state index in [9.17, 15) is 0 Å². The molecule has 0 saturated heterocycles. The van der Waals surface area contributed by atoms with E-state index in [-0.39, 0.29) is 0 Å². The lowest BCUT2D eigenvalue weighted by atomic mass is 10.2. The lowest BCUT2D eigenvalue weighted by molar-refractivity contribution is 0.104. The zero-order valence-corrected chi connectivity index (χ0v) is 10.5. The Bertz CT molecular complexity index is 116. The standard InChI is InChI=1S/C12H28N2O/c1-3-14(4-2)10-12-15-11-8-6-5-7-9-13/h3-13H2,1-2H3. The molecule has 0 fully saturated rings. The molecule has 0 aliphatic heterocycles. The first-order valence-electron chi connectivity index (χ1n) is 6.35. The van der Waals surface area contributed by atoms with Crippen LogP contribution in [0.4, 0.5) is 0 Å². The summed E-state index contributed by atoms with van der Waals surface area (Å²) in [4.78, 5) is 2.38. The molecule has 0 unspecified atom stereocenters. The van der Waals surface area contributed by atoms with Crippen LogP contribution in [0, 0.1) is 0 Å². The molecule has 0 rings (SSSR count). The van der Waals surface area contributed by atoms with Gasteiger partial charge in [-0.1, -0.05) is 26.7 Å². The highest BCUT2D eigenvalue weighted by atomic mass is 16.5. The van der Waals surface area contributed by atoms with Crippen molar-refractivity contribution in [3.8, 4) is 0 Å². The first-order valence-corrected chi connectivity index (χ1v) is 6.35. The highest BCUT2D eigenvalue weighted by molar-refractivity contribution is 4.50. The molecule has 0 aliphatic rings. The molecule has 0 radical (unpaired) electrons. The van der Waals surface area contributed by atoms with Crippen molar-refractivity contribution in [1.82, 2.24) is 4.90 Å². The maximum atomic E-state index is 5.58. The average molecular weight is 216 g/mol. The maximum absolute atomic E-state index is 5.58. The molecule has 0 saturated carbocycles. The van der Waals surface area contributed by atoms with Gasteiger partial charge in [-0.05, 0) is 32.5 Å². The summed E-state index contributed by atoms with van der Waals surface area (Å²) in [5, 5.41) is 0. The number of nitrogens with two attached hydrogens (primary N) is 1. The Balaban J connectivity index is 3.04. The molecule has 0 heterocycles. The van der Waals surface area contributed by atoms with Crippen LogP contribution in [0.25, 0.3) is 0 Å². The largest absolute Gasteiger partial charge is 0.380 e. The van der Waals surface area contributed by atoms with Gasteiger partial charge in [0.05, 0.1) is 6.61 Å². The molecule has 0 aromatic carbocycles. The lowest BCUT2D eigenvalue weighted by Gasteiger charge is -2.17. The van der Waals surface area contributed by atoms with Crippen LogP contribution >= 0.6 is 0 Å². The summed E-state index contributed by atoms with van der Waals surface area (Å²) in [6, 6.07) is 0. The van der Waals surface area contributed by atoms with E-state index < -0.39 is 0 Å². The van der Waals surface area contributed by atoms with Crippen molar-refractivity contribution in [3.63, 3.8) is 0 Å². The average Bonchev–Trinajstić information content (AvgIpc) is 2.27. The SMILES string of the molecule is CCN(CC)CCOCCCCCCN. The van der Waals surface area contributed by atoms with Gasteiger partial charge in [-0.15, -0.1) is 0 Å². The minimum atomic E-state index is 0.822. The number of rotatable bonds is 11. The second-order valence-electron chi connectivity index (χ2n) is 3.84. The summed E-state index contributed by atoms with van der Waals surface area (Å²) >= 11 is 0. The van der Waals surface area contributed by atoms with E-state index in [2.05, 4.69) is 18.7 Å². The summed E-state index contributed by atoms with van der Waals surface area (Å²) in [6.07, 6.45) is 4.83. The highest BCUT2D eigenvalue weighted by Crippen LogP contribution is 1.98. The van der Waals surface area contributed by atoms with E-state index in [0.29, 0.717) is 0 Å². The van der Waals surface area contributed by atoms with Gasteiger partial charge in [0, 0.05) is 13.2 Å². The van der Waals surface area contributed by atoms with Crippen LogP contribution in [0.1, 0.15) is 39.5 Å². The fourth-order valence-electron chi connectivity index (χ4n) is 1.54. The number of likely N-dealkylation sites (N-methyl/N-ethyl adjacent to an activating group) is 1. The second kappa shape index (κ2) is 12.0. The summed E-state index contributed by atoms with van der Waals surface area (Å²) in [7, 11) is 0. The van der Waals surface area contributed by atoms with Crippen molar-refractivity contribution in [3.05, 3.63) is 0 Å². The van der Waals surface area contributed by atoms with Gasteiger partial charge in [-0.2, -0.15) is 0 Å². The Morgan fingerprint density at radius 1 is 0.933 bits per heavy atom. The van der Waals surface area contributed by atoms with Crippen molar-refractivity contribution in [2.45, 2.75) is 39.5 Å². The van der Waals surface area contributed by atoms with Crippen molar-refractivity contribution in [2.24, 2.45) is 5.73 Å². The van der Waals surface area contributed by atoms with Crippen LogP contribution in [0.15, 0.2) is 0 Å². The van der Waals surface area contributed by atoms with E-state index in [1.165, 1.54) is 19.3 Å². The van der Waals surface area contributed by atoms with E-state index in [1.54, 1.807) is 0 Å². The number of hydrogen-bond donors (Lipinski definition) is 1. The molecule has 0 atom stereocenters. The van der Waals surface area contributed by atoms with Gasteiger partial charge in [-0.25, -0.2) is 0 Å². The molecule has 3 nitrogen and oxygen atoms in total. The Morgan fingerprint density at radius 3 is 2.20 bits per heavy atom. The number of ether oxygens (including phenoxy) is 1. The smallest absolute Gasteiger partial charge is 0.0593 e. The second-order valence-corrected chi connectivity index (χ2v) is 3.84. The quantitative estimate of drug-likeness (QED) is 0.536. The van der Waals surface area contributed by atoms with E-state index in [0.717, 1.165) is 45.8 Å². The van der Waals surface area contributed by atoms with Gasteiger partial charge in [0.2, 0.25) is 0 Å². The molecule has 0 amide bonds. The Labute approximate surface area is 95.0 Å². The molecule has 0 aromatic heterocycles. The Hall–Kier alpha value is -0.120. The first-order chi connectivity index (χ1) is 7.35. The predicted octanol–water partition coefficient (Wildman–Crippen LogP) is 1.86. The zero-order chi connectivity index (χ0) is 11.4. The van der Waals surface area contributed by atoms with Gasteiger partial charge in [0.1, 0.15) is 0 Å². The third-order valence-electron chi connectivity index (χ3n) is 2.69. The minimum absolute atomic E-state index is 0.822. The number of hydrogen-bond acceptors (Lipinski definition) is 3. The molecule has 0 aromatic rings.